The third-order valence-electron chi connectivity index (χ3n) is 5.46. The molecule has 0 bridgehead atoms. The molecule has 0 heterocycles. The molecule has 0 atom stereocenters. The maximum absolute atomic E-state index is 12.0. The molecule has 8 nitrogen and oxygen atoms in total. The van der Waals surface area contributed by atoms with Crippen molar-refractivity contribution in [3.8, 4) is 22.3 Å². The number of fused-ring (bicyclic) bond motifs is 1. The lowest BCUT2D eigenvalue weighted by Crippen LogP contribution is -2.04. The number of hydrogen-bond donors (Lipinski definition) is 4. The molecule has 0 unspecified atom stereocenters. The van der Waals surface area contributed by atoms with E-state index in [1.807, 2.05) is 0 Å². The maximum Gasteiger partial charge on any atom is 0.336 e. The molecule has 168 valence electrons. The van der Waals surface area contributed by atoms with Crippen molar-refractivity contribution in [1.82, 2.24) is 0 Å². The second-order valence-corrected chi connectivity index (χ2v) is 7.49. The highest BCUT2D eigenvalue weighted by molar-refractivity contribution is 6.09. The number of benzene rings is 4. The molecule has 0 aliphatic heterocycles. The van der Waals surface area contributed by atoms with Crippen LogP contribution >= 0.6 is 0 Å². The molecule has 0 amide bonds. The average molecular weight is 456 g/mol. The van der Waals surface area contributed by atoms with E-state index in [-0.39, 0.29) is 33.4 Å². The molecular weight excluding hydrogens is 440 g/mol. The van der Waals surface area contributed by atoms with E-state index in [1.165, 1.54) is 54.6 Å². The Morgan fingerprint density at radius 1 is 0.500 bits per heavy atom. The quantitative estimate of drug-likeness (QED) is 0.318. The van der Waals surface area contributed by atoms with Crippen molar-refractivity contribution in [1.29, 1.82) is 0 Å². The molecule has 4 aromatic rings. The van der Waals surface area contributed by atoms with Crippen molar-refractivity contribution in [2.24, 2.45) is 0 Å². The predicted molar refractivity (Wildman–Crippen MR) is 123 cm³/mol. The molecule has 4 aromatic carbocycles. The van der Waals surface area contributed by atoms with Crippen molar-refractivity contribution in [2.75, 3.05) is 0 Å². The van der Waals surface area contributed by atoms with Gasteiger partial charge in [-0.2, -0.15) is 0 Å². The van der Waals surface area contributed by atoms with E-state index in [2.05, 4.69) is 0 Å². The van der Waals surface area contributed by atoms with Gasteiger partial charge in [0.15, 0.2) is 0 Å². The molecule has 0 saturated carbocycles. The van der Waals surface area contributed by atoms with Crippen LogP contribution in [0.15, 0.2) is 72.8 Å². The summed E-state index contributed by atoms with van der Waals surface area (Å²) in [6.45, 7) is 0. The Labute approximate surface area is 192 Å². The number of aromatic carboxylic acids is 4. The lowest BCUT2D eigenvalue weighted by molar-refractivity contribution is 0.0686. The van der Waals surface area contributed by atoms with Crippen LogP contribution in [-0.2, 0) is 0 Å². The Morgan fingerprint density at radius 2 is 1.12 bits per heavy atom. The molecular formula is C26H16O8. The van der Waals surface area contributed by atoms with Crippen molar-refractivity contribution in [3.63, 3.8) is 0 Å². The number of carboxylic acid groups (broad SMARTS) is 4. The van der Waals surface area contributed by atoms with Gasteiger partial charge in [-0.3, -0.25) is 0 Å². The maximum atomic E-state index is 12.0. The minimum atomic E-state index is -1.27. The molecule has 4 rings (SSSR count). The largest absolute Gasteiger partial charge is 0.478 e. The van der Waals surface area contributed by atoms with Crippen LogP contribution in [0.5, 0.6) is 0 Å². The van der Waals surface area contributed by atoms with E-state index in [0.29, 0.717) is 21.9 Å². The van der Waals surface area contributed by atoms with Gasteiger partial charge in [-0.25, -0.2) is 19.2 Å². The van der Waals surface area contributed by atoms with Crippen molar-refractivity contribution in [2.45, 2.75) is 0 Å². The molecule has 4 N–H and O–H groups in total. The van der Waals surface area contributed by atoms with Gasteiger partial charge >= 0.3 is 23.9 Å². The summed E-state index contributed by atoms with van der Waals surface area (Å²) in [7, 11) is 0. The number of carboxylic acids is 4. The molecule has 0 aliphatic carbocycles. The Hall–Kier alpha value is -4.98. The second kappa shape index (κ2) is 8.51. The van der Waals surface area contributed by atoms with Crippen molar-refractivity contribution >= 4 is 34.6 Å². The minimum absolute atomic E-state index is 0.0202. The lowest BCUT2D eigenvalue weighted by Gasteiger charge is -2.15. The normalized spacial score (nSPS) is 10.7. The molecule has 0 aliphatic rings. The van der Waals surface area contributed by atoms with Crippen LogP contribution in [0.3, 0.4) is 0 Å². The fourth-order valence-corrected chi connectivity index (χ4v) is 3.89. The average Bonchev–Trinajstić information content (AvgIpc) is 2.82. The zero-order chi connectivity index (χ0) is 24.6. The second-order valence-electron chi connectivity index (χ2n) is 7.49. The SMILES string of the molecule is O=C(O)c1ccc2c(-c3cc(-c4ccccc4C(=O)O)ccc3C(=O)O)cc(C(=O)O)cc2c1. The smallest absolute Gasteiger partial charge is 0.336 e. The van der Waals surface area contributed by atoms with Gasteiger partial charge in [0.2, 0.25) is 0 Å². The number of rotatable bonds is 6. The van der Waals surface area contributed by atoms with Gasteiger partial charge in [-0.15, -0.1) is 0 Å². The lowest BCUT2D eigenvalue weighted by atomic mass is 9.89. The number of hydrogen-bond acceptors (Lipinski definition) is 4. The highest BCUT2D eigenvalue weighted by Crippen LogP contribution is 2.36. The summed E-state index contributed by atoms with van der Waals surface area (Å²) >= 11 is 0. The van der Waals surface area contributed by atoms with Gasteiger partial charge in [-0.05, 0) is 75.5 Å². The van der Waals surface area contributed by atoms with Crippen LogP contribution in [0, 0.1) is 0 Å². The Morgan fingerprint density at radius 3 is 1.76 bits per heavy atom. The van der Waals surface area contributed by atoms with Crippen LogP contribution in [0.4, 0.5) is 0 Å². The summed E-state index contributed by atoms with van der Waals surface area (Å²) in [5.41, 5.74) is 0.908. The predicted octanol–water partition coefficient (Wildman–Crippen LogP) is 4.97. The van der Waals surface area contributed by atoms with Gasteiger partial charge < -0.3 is 20.4 Å². The van der Waals surface area contributed by atoms with Crippen LogP contribution in [0.1, 0.15) is 41.4 Å². The Kier molecular flexibility index (Phi) is 5.56. The van der Waals surface area contributed by atoms with E-state index in [4.69, 9.17) is 0 Å². The van der Waals surface area contributed by atoms with Gasteiger partial charge in [0.25, 0.3) is 0 Å². The zero-order valence-corrected chi connectivity index (χ0v) is 17.4. The molecule has 0 fully saturated rings. The van der Waals surface area contributed by atoms with E-state index in [9.17, 15) is 39.6 Å². The first-order valence-electron chi connectivity index (χ1n) is 9.92. The van der Waals surface area contributed by atoms with Gasteiger partial charge in [0, 0.05) is 0 Å². The zero-order valence-electron chi connectivity index (χ0n) is 17.4. The first-order valence-corrected chi connectivity index (χ1v) is 9.92. The third kappa shape index (κ3) is 3.95. The molecule has 34 heavy (non-hydrogen) atoms. The fourth-order valence-electron chi connectivity index (χ4n) is 3.89. The molecule has 0 radical (unpaired) electrons. The van der Waals surface area contributed by atoms with Gasteiger partial charge in [0.05, 0.1) is 22.3 Å². The Balaban J connectivity index is 2.07. The summed E-state index contributed by atoms with van der Waals surface area (Å²) in [6, 6.07) is 17.3. The summed E-state index contributed by atoms with van der Waals surface area (Å²) in [4.78, 5) is 46.9. The summed E-state index contributed by atoms with van der Waals surface area (Å²) in [5, 5.41) is 39.0. The summed E-state index contributed by atoms with van der Waals surface area (Å²) in [5.74, 6) is -4.88. The summed E-state index contributed by atoms with van der Waals surface area (Å²) in [6.07, 6.45) is 0. The van der Waals surface area contributed by atoms with E-state index >= 15 is 0 Å². The van der Waals surface area contributed by atoms with Crippen LogP contribution in [-0.4, -0.2) is 44.3 Å². The molecule has 0 aromatic heterocycles. The highest BCUT2D eigenvalue weighted by atomic mass is 16.4. The monoisotopic (exact) mass is 456 g/mol. The third-order valence-corrected chi connectivity index (χ3v) is 5.46. The standard InChI is InChI=1S/C26H16O8/c27-23(28)14-6-7-18-15(9-14)10-16(24(29)30)12-21(18)22-11-13(5-8-20(22)26(33)34)17-3-1-2-4-19(17)25(31)32/h1-12H,(H,27,28)(H,29,30)(H,31,32)(H,33,34). The first kappa shape index (κ1) is 22.2. The topological polar surface area (TPSA) is 149 Å². The molecule has 0 saturated heterocycles. The van der Waals surface area contributed by atoms with Crippen LogP contribution in [0.25, 0.3) is 33.0 Å². The van der Waals surface area contributed by atoms with Crippen LogP contribution in [0.2, 0.25) is 0 Å². The number of carbonyl (C=O) groups is 4. The van der Waals surface area contributed by atoms with E-state index < -0.39 is 23.9 Å². The summed E-state index contributed by atoms with van der Waals surface area (Å²) < 4.78 is 0. The molecule has 0 spiro atoms. The van der Waals surface area contributed by atoms with Crippen molar-refractivity contribution < 1.29 is 39.6 Å². The van der Waals surface area contributed by atoms with Crippen molar-refractivity contribution in [3.05, 3.63) is 95.1 Å². The first-order chi connectivity index (χ1) is 16.2. The fraction of sp³-hybridized carbons (Fsp3) is 0. The molecule has 8 heteroatoms. The van der Waals surface area contributed by atoms with E-state index in [0.717, 1.165) is 0 Å². The van der Waals surface area contributed by atoms with Gasteiger partial charge in [-0.1, -0.05) is 30.3 Å². The van der Waals surface area contributed by atoms with Gasteiger partial charge in [0.1, 0.15) is 0 Å². The Bertz CT molecular complexity index is 1510. The minimum Gasteiger partial charge on any atom is -0.478 e. The van der Waals surface area contributed by atoms with Crippen LogP contribution < -0.4 is 0 Å². The van der Waals surface area contributed by atoms with E-state index in [1.54, 1.807) is 18.2 Å². The highest BCUT2D eigenvalue weighted by Gasteiger charge is 2.20.